The number of carbonyl (C=O) groups excluding carboxylic acids is 1. The van der Waals surface area contributed by atoms with Crippen molar-refractivity contribution in [3.05, 3.63) is 64.1 Å². The summed E-state index contributed by atoms with van der Waals surface area (Å²) < 4.78 is 5.26. The molecule has 160 valence electrons. The predicted octanol–water partition coefficient (Wildman–Crippen LogP) is 3.40. The third-order valence-corrected chi connectivity index (χ3v) is 6.42. The number of ether oxygens (including phenoxy) is 1. The van der Waals surface area contributed by atoms with Crippen LogP contribution in [0.4, 0.5) is 0 Å². The van der Waals surface area contributed by atoms with Crippen LogP contribution in [0.25, 0.3) is 0 Å². The van der Waals surface area contributed by atoms with E-state index in [4.69, 9.17) is 39.5 Å². The van der Waals surface area contributed by atoms with Crippen molar-refractivity contribution in [1.82, 2.24) is 14.8 Å². The fraction of sp³-hybridized carbons (Fsp3) is 0.429. The number of benzene rings is 1. The summed E-state index contributed by atoms with van der Waals surface area (Å²) in [6, 6.07) is 12.1. The van der Waals surface area contributed by atoms with Gasteiger partial charge in [0.15, 0.2) is 0 Å². The van der Waals surface area contributed by atoms with E-state index in [-0.39, 0.29) is 23.3 Å². The zero-order valence-corrected chi connectivity index (χ0v) is 18.6. The Balaban J connectivity index is 1.56. The molecule has 1 N–H and O–H groups in total. The standard InChI is InChI=1S/C21H22Cl3N3O3/c1-30-16-7-5-14(6-8-16)19(29)25-20(21(22,23)24)26-10-13-9-15(12-26)17-3-2-4-18(28)27(17)11-13/h2-8,13,15,20H,9-12H2,1H3,(H,25,29)/t13-,15-,20?/m0/s1. The molecule has 4 rings (SSSR count). The number of rotatable bonds is 4. The summed E-state index contributed by atoms with van der Waals surface area (Å²) in [5.41, 5.74) is 1.46. The first kappa shape index (κ1) is 21.5. The Bertz CT molecular complexity index is 987. The number of fused-ring (bicyclic) bond motifs is 4. The van der Waals surface area contributed by atoms with E-state index in [1.54, 1.807) is 43.5 Å². The summed E-state index contributed by atoms with van der Waals surface area (Å²) in [7, 11) is 1.56. The van der Waals surface area contributed by atoms with Gasteiger partial charge >= 0.3 is 0 Å². The molecule has 30 heavy (non-hydrogen) atoms. The molecule has 2 aliphatic rings. The fourth-order valence-electron chi connectivity index (χ4n) is 4.47. The summed E-state index contributed by atoms with van der Waals surface area (Å²) in [6.45, 7) is 1.83. The summed E-state index contributed by atoms with van der Waals surface area (Å²) in [5.74, 6) is 0.701. The minimum absolute atomic E-state index is 0.0152. The van der Waals surface area contributed by atoms with E-state index in [1.165, 1.54) is 0 Å². The molecule has 1 aromatic heterocycles. The molecule has 0 spiro atoms. The molecular weight excluding hydrogens is 449 g/mol. The van der Waals surface area contributed by atoms with Crippen LogP contribution >= 0.6 is 34.8 Å². The van der Waals surface area contributed by atoms with Crippen molar-refractivity contribution in [2.45, 2.75) is 28.8 Å². The number of likely N-dealkylation sites (tertiary alicyclic amines) is 1. The largest absolute Gasteiger partial charge is 0.497 e. The van der Waals surface area contributed by atoms with Crippen LogP contribution in [0.5, 0.6) is 5.75 Å². The maximum atomic E-state index is 12.8. The zero-order valence-electron chi connectivity index (χ0n) is 16.4. The number of nitrogens with one attached hydrogen (secondary N) is 1. The van der Waals surface area contributed by atoms with E-state index in [1.807, 2.05) is 15.5 Å². The number of amides is 1. The molecule has 2 bridgehead atoms. The second-order valence-electron chi connectivity index (χ2n) is 7.80. The number of halogens is 3. The molecule has 3 atom stereocenters. The number of hydrogen-bond acceptors (Lipinski definition) is 4. The van der Waals surface area contributed by atoms with Crippen LogP contribution in [-0.2, 0) is 6.54 Å². The Labute approximate surface area is 189 Å². The van der Waals surface area contributed by atoms with Crippen LogP contribution in [0.3, 0.4) is 0 Å². The highest BCUT2D eigenvalue weighted by Gasteiger charge is 2.44. The van der Waals surface area contributed by atoms with Gasteiger partial charge < -0.3 is 14.6 Å². The first-order valence-corrected chi connectivity index (χ1v) is 10.8. The lowest BCUT2D eigenvalue weighted by atomic mass is 9.83. The Kier molecular flexibility index (Phi) is 6.04. The molecule has 0 saturated carbocycles. The molecular formula is C21H22Cl3N3O3. The molecule has 1 fully saturated rings. The molecule has 1 aromatic carbocycles. The van der Waals surface area contributed by atoms with Gasteiger partial charge in [0.25, 0.3) is 11.5 Å². The van der Waals surface area contributed by atoms with Crippen LogP contribution in [0.2, 0.25) is 0 Å². The molecule has 0 aliphatic carbocycles. The van der Waals surface area contributed by atoms with Crippen molar-refractivity contribution in [2.24, 2.45) is 5.92 Å². The van der Waals surface area contributed by atoms with E-state index in [9.17, 15) is 9.59 Å². The molecule has 2 aromatic rings. The van der Waals surface area contributed by atoms with E-state index in [0.717, 1.165) is 12.1 Å². The Hall–Kier alpha value is -1.73. The Morgan fingerprint density at radius 2 is 1.87 bits per heavy atom. The highest BCUT2D eigenvalue weighted by Crippen LogP contribution is 2.40. The molecule has 1 amide bonds. The number of methoxy groups -OCH3 is 1. The smallest absolute Gasteiger partial charge is 0.252 e. The third-order valence-electron chi connectivity index (χ3n) is 5.80. The minimum atomic E-state index is -1.72. The minimum Gasteiger partial charge on any atom is -0.497 e. The van der Waals surface area contributed by atoms with Gasteiger partial charge in [-0.15, -0.1) is 0 Å². The molecule has 0 radical (unpaired) electrons. The number of hydrogen-bond donors (Lipinski definition) is 1. The zero-order chi connectivity index (χ0) is 21.5. The highest BCUT2D eigenvalue weighted by molar-refractivity contribution is 6.68. The molecule has 1 saturated heterocycles. The first-order valence-electron chi connectivity index (χ1n) is 9.71. The van der Waals surface area contributed by atoms with Crippen LogP contribution in [0, 0.1) is 5.92 Å². The van der Waals surface area contributed by atoms with E-state index in [0.29, 0.717) is 30.9 Å². The van der Waals surface area contributed by atoms with E-state index in [2.05, 4.69) is 5.32 Å². The van der Waals surface area contributed by atoms with Gasteiger partial charge in [-0.2, -0.15) is 0 Å². The number of nitrogens with zero attached hydrogens (tertiary/aromatic N) is 2. The summed E-state index contributed by atoms with van der Waals surface area (Å²) in [5, 5.41) is 2.89. The van der Waals surface area contributed by atoms with Gasteiger partial charge in [-0.05, 0) is 42.7 Å². The van der Waals surface area contributed by atoms with E-state index < -0.39 is 9.96 Å². The van der Waals surface area contributed by atoms with Gasteiger partial charge in [0.1, 0.15) is 11.9 Å². The first-order chi connectivity index (χ1) is 14.3. The van der Waals surface area contributed by atoms with Gasteiger partial charge in [-0.3, -0.25) is 14.5 Å². The average molecular weight is 471 g/mol. The van der Waals surface area contributed by atoms with Crippen molar-refractivity contribution in [3.8, 4) is 5.75 Å². The van der Waals surface area contributed by atoms with Crippen LogP contribution in [0.15, 0.2) is 47.3 Å². The number of alkyl halides is 3. The van der Waals surface area contributed by atoms with Crippen molar-refractivity contribution in [3.63, 3.8) is 0 Å². The lowest BCUT2D eigenvalue weighted by molar-refractivity contribution is 0.0586. The summed E-state index contributed by atoms with van der Waals surface area (Å²) in [6.07, 6.45) is 0.170. The third kappa shape index (κ3) is 4.33. The van der Waals surface area contributed by atoms with E-state index >= 15 is 0 Å². The SMILES string of the molecule is COc1ccc(C(=O)NC(N2C[C@@H]3C[C@@H](C2)c2cccc(=O)n2C3)C(Cl)(Cl)Cl)cc1. The predicted molar refractivity (Wildman–Crippen MR) is 118 cm³/mol. The Morgan fingerprint density at radius 1 is 1.13 bits per heavy atom. The van der Waals surface area contributed by atoms with Gasteiger partial charge in [-0.1, -0.05) is 40.9 Å². The second-order valence-corrected chi connectivity index (χ2v) is 10.2. The van der Waals surface area contributed by atoms with Gasteiger partial charge in [0, 0.05) is 42.9 Å². The maximum Gasteiger partial charge on any atom is 0.252 e. The number of carbonyl (C=O) groups is 1. The summed E-state index contributed by atoms with van der Waals surface area (Å²) >= 11 is 18.9. The monoisotopic (exact) mass is 469 g/mol. The summed E-state index contributed by atoms with van der Waals surface area (Å²) in [4.78, 5) is 27.1. The van der Waals surface area contributed by atoms with Crippen LogP contribution < -0.4 is 15.6 Å². The van der Waals surface area contributed by atoms with Gasteiger partial charge in [0.05, 0.1) is 7.11 Å². The van der Waals surface area contributed by atoms with Gasteiger partial charge in [-0.25, -0.2) is 0 Å². The highest BCUT2D eigenvalue weighted by atomic mass is 35.6. The molecule has 6 nitrogen and oxygen atoms in total. The molecule has 2 aliphatic heterocycles. The molecule has 9 heteroatoms. The normalized spacial score (nSPS) is 22.1. The topological polar surface area (TPSA) is 63.6 Å². The molecule has 3 heterocycles. The van der Waals surface area contributed by atoms with Gasteiger partial charge in [0.2, 0.25) is 3.79 Å². The number of piperidine rings is 1. The fourth-order valence-corrected chi connectivity index (χ4v) is 5.05. The van der Waals surface area contributed by atoms with Crippen LogP contribution in [0.1, 0.15) is 28.4 Å². The Morgan fingerprint density at radius 3 is 2.53 bits per heavy atom. The lowest BCUT2D eigenvalue weighted by Crippen LogP contribution is -2.60. The van der Waals surface area contributed by atoms with Crippen LogP contribution in [-0.4, -0.2) is 45.5 Å². The molecule has 1 unspecified atom stereocenters. The van der Waals surface area contributed by atoms with Crippen molar-refractivity contribution >= 4 is 40.7 Å². The number of pyridine rings is 1. The van der Waals surface area contributed by atoms with Crippen molar-refractivity contribution < 1.29 is 9.53 Å². The maximum absolute atomic E-state index is 12.8. The van der Waals surface area contributed by atoms with Crippen molar-refractivity contribution in [1.29, 1.82) is 0 Å². The number of aromatic nitrogens is 1. The lowest BCUT2D eigenvalue weighted by Gasteiger charge is -2.47. The quantitative estimate of drug-likeness (QED) is 0.696. The average Bonchev–Trinajstić information content (AvgIpc) is 2.71. The second kappa shape index (κ2) is 8.42. The van der Waals surface area contributed by atoms with Crippen molar-refractivity contribution in [2.75, 3.05) is 20.2 Å².